The Labute approximate surface area is 60.8 Å². The summed E-state index contributed by atoms with van der Waals surface area (Å²) in [6.07, 6.45) is 5.83. The van der Waals surface area contributed by atoms with E-state index < -0.39 is 0 Å². The van der Waals surface area contributed by atoms with E-state index >= 15 is 0 Å². The van der Waals surface area contributed by atoms with Gasteiger partial charge in [-0.15, -0.1) is 12.3 Å². The summed E-state index contributed by atoms with van der Waals surface area (Å²) in [7, 11) is 0. The lowest BCUT2D eigenvalue weighted by atomic mass is 10.5. The number of thioether (sulfide) groups is 1. The van der Waals surface area contributed by atoms with Crippen molar-refractivity contribution in [2.24, 2.45) is 0 Å². The van der Waals surface area contributed by atoms with Gasteiger partial charge in [0.2, 0.25) is 0 Å². The Balaban J connectivity index is 2.99. The first-order valence-corrected chi connectivity index (χ1v) is 4.02. The maximum absolute atomic E-state index is 8.56. The van der Waals surface area contributed by atoms with Gasteiger partial charge in [0, 0.05) is 17.4 Å². The van der Waals surface area contributed by atoms with Crippen molar-refractivity contribution in [1.29, 1.82) is 0 Å². The van der Waals surface area contributed by atoms with Crippen LogP contribution >= 0.6 is 11.8 Å². The van der Waals surface area contributed by atoms with Gasteiger partial charge >= 0.3 is 0 Å². The second-order valence-electron chi connectivity index (χ2n) is 1.82. The zero-order valence-electron chi connectivity index (χ0n) is 5.63. The van der Waals surface area contributed by atoms with Crippen LogP contribution < -0.4 is 0 Å². The molecule has 52 valence electrons. The summed E-state index contributed by atoms with van der Waals surface area (Å²) in [5.41, 5.74) is 0. The molecule has 0 spiro atoms. The van der Waals surface area contributed by atoms with Gasteiger partial charge in [-0.3, -0.25) is 0 Å². The quantitative estimate of drug-likeness (QED) is 0.471. The molecule has 0 aromatic heterocycles. The highest BCUT2D eigenvalue weighted by molar-refractivity contribution is 7.99. The second kappa shape index (κ2) is 6.00. The number of terminal acetylenes is 1. The number of aliphatic hydroxyl groups excluding tert-OH is 1. The van der Waals surface area contributed by atoms with Crippen LogP contribution in [0.15, 0.2) is 0 Å². The number of rotatable bonds is 4. The van der Waals surface area contributed by atoms with Gasteiger partial charge in [0.15, 0.2) is 0 Å². The minimum absolute atomic E-state index is 0.245. The minimum Gasteiger partial charge on any atom is -0.395 e. The summed E-state index contributed by atoms with van der Waals surface area (Å²) in [6.45, 7) is 2.23. The minimum atomic E-state index is 0.245. The summed E-state index contributed by atoms with van der Waals surface area (Å²) < 4.78 is 0. The standard InChI is InChI=1S/C7H12OS/c1-3-4-5-9-7(2)6-8/h1,7-8H,4-6H2,2H3. The third kappa shape index (κ3) is 5.75. The Bertz CT molecular complexity index is 95.6. The van der Waals surface area contributed by atoms with Crippen LogP contribution in [-0.4, -0.2) is 22.7 Å². The molecule has 0 bridgehead atoms. The average molecular weight is 144 g/mol. The van der Waals surface area contributed by atoms with Crippen molar-refractivity contribution in [1.82, 2.24) is 0 Å². The monoisotopic (exact) mass is 144 g/mol. The Morgan fingerprint density at radius 1 is 1.78 bits per heavy atom. The van der Waals surface area contributed by atoms with Crippen molar-refractivity contribution in [2.75, 3.05) is 12.4 Å². The van der Waals surface area contributed by atoms with E-state index in [0.717, 1.165) is 12.2 Å². The van der Waals surface area contributed by atoms with E-state index in [4.69, 9.17) is 11.5 Å². The fraction of sp³-hybridized carbons (Fsp3) is 0.714. The first-order chi connectivity index (χ1) is 4.31. The van der Waals surface area contributed by atoms with Crippen LogP contribution in [0.4, 0.5) is 0 Å². The zero-order valence-corrected chi connectivity index (χ0v) is 6.45. The fourth-order valence-electron chi connectivity index (χ4n) is 0.372. The lowest BCUT2D eigenvalue weighted by Crippen LogP contribution is -2.02. The molecule has 0 aromatic carbocycles. The van der Waals surface area contributed by atoms with Gasteiger partial charge < -0.3 is 5.11 Å². The number of hydrogen-bond acceptors (Lipinski definition) is 2. The molecule has 0 fully saturated rings. The molecular weight excluding hydrogens is 132 g/mol. The molecule has 0 rings (SSSR count). The summed E-state index contributed by atoms with van der Waals surface area (Å²) in [5, 5.41) is 8.89. The SMILES string of the molecule is C#CCCSC(C)CO. The van der Waals surface area contributed by atoms with E-state index in [1.54, 1.807) is 11.8 Å². The van der Waals surface area contributed by atoms with Crippen LogP contribution in [0.2, 0.25) is 0 Å². The third-order valence-electron chi connectivity index (χ3n) is 0.906. The van der Waals surface area contributed by atoms with Gasteiger partial charge in [0.05, 0.1) is 6.61 Å². The van der Waals surface area contributed by atoms with E-state index in [1.165, 1.54) is 0 Å². The maximum atomic E-state index is 8.56. The van der Waals surface area contributed by atoms with E-state index in [9.17, 15) is 0 Å². The molecular formula is C7H12OS. The summed E-state index contributed by atoms with van der Waals surface area (Å²) in [6, 6.07) is 0. The van der Waals surface area contributed by atoms with Gasteiger partial charge in [-0.25, -0.2) is 0 Å². The summed E-state index contributed by atoms with van der Waals surface area (Å²) in [4.78, 5) is 0. The van der Waals surface area contributed by atoms with Gasteiger partial charge in [-0.1, -0.05) is 6.92 Å². The van der Waals surface area contributed by atoms with Crippen molar-refractivity contribution >= 4 is 11.8 Å². The first kappa shape index (κ1) is 8.87. The Hall–Kier alpha value is -0.130. The van der Waals surface area contributed by atoms with Crippen LogP contribution in [0.25, 0.3) is 0 Å². The second-order valence-corrected chi connectivity index (χ2v) is 3.36. The predicted molar refractivity (Wildman–Crippen MR) is 42.5 cm³/mol. The van der Waals surface area contributed by atoms with Crippen LogP contribution in [0.3, 0.4) is 0 Å². The molecule has 1 unspecified atom stereocenters. The largest absolute Gasteiger partial charge is 0.395 e. The number of hydrogen-bond donors (Lipinski definition) is 1. The first-order valence-electron chi connectivity index (χ1n) is 2.97. The highest BCUT2D eigenvalue weighted by atomic mass is 32.2. The van der Waals surface area contributed by atoms with Gasteiger partial charge in [0.1, 0.15) is 0 Å². The van der Waals surface area contributed by atoms with Crippen molar-refractivity contribution in [3.8, 4) is 12.3 Å². The lowest BCUT2D eigenvalue weighted by Gasteiger charge is -2.03. The van der Waals surface area contributed by atoms with E-state index in [-0.39, 0.29) is 6.61 Å². The van der Waals surface area contributed by atoms with E-state index in [0.29, 0.717) is 5.25 Å². The lowest BCUT2D eigenvalue weighted by molar-refractivity contribution is 0.300. The molecule has 0 amide bonds. The van der Waals surface area contributed by atoms with E-state index in [2.05, 4.69) is 5.92 Å². The molecule has 0 saturated heterocycles. The van der Waals surface area contributed by atoms with Crippen LogP contribution in [0, 0.1) is 12.3 Å². The molecule has 0 aliphatic heterocycles. The Morgan fingerprint density at radius 3 is 2.89 bits per heavy atom. The predicted octanol–water partition coefficient (Wildman–Crippen LogP) is 1.12. The highest BCUT2D eigenvalue weighted by Crippen LogP contribution is 2.09. The molecule has 0 aliphatic carbocycles. The molecule has 0 heterocycles. The van der Waals surface area contributed by atoms with Gasteiger partial charge in [0.25, 0.3) is 0 Å². The van der Waals surface area contributed by atoms with Crippen LogP contribution in [-0.2, 0) is 0 Å². The van der Waals surface area contributed by atoms with Crippen molar-refractivity contribution < 1.29 is 5.11 Å². The molecule has 0 aliphatic rings. The van der Waals surface area contributed by atoms with Gasteiger partial charge in [-0.2, -0.15) is 11.8 Å². The molecule has 1 atom stereocenters. The summed E-state index contributed by atoms with van der Waals surface area (Å²) >= 11 is 1.71. The van der Waals surface area contributed by atoms with Crippen LogP contribution in [0.1, 0.15) is 13.3 Å². The zero-order chi connectivity index (χ0) is 7.11. The molecule has 0 radical (unpaired) electrons. The molecule has 0 saturated carbocycles. The van der Waals surface area contributed by atoms with E-state index in [1.807, 2.05) is 6.92 Å². The fourth-order valence-corrected chi connectivity index (χ4v) is 1.12. The van der Waals surface area contributed by atoms with Crippen molar-refractivity contribution in [3.05, 3.63) is 0 Å². The molecule has 9 heavy (non-hydrogen) atoms. The van der Waals surface area contributed by atoms with Gasteiger partial charge in [-0.05, 0) is 0 Å². The molecule has 1 nitrogen and oxygen atoms in total. The molecule has 1 N–H and O–H groups in total. The Morgan fingerprint density at radius 2 is 2.44 bits per heavy atom. The maximum Gasteiger partial charge on any atom is 0.0547 e. The Kier molecular flexibility index (Phi) is 5.91. The molecule has 2 heteroatoms. The average Bonchev–Trinajstić information content (AvgIpc) is 1.89. The van der Waals surface area contributed by atoms with Crippen molar-refractivity contribution in [3.63, 3.8) is 0 Å². The topological polar surface area (TPSA) is 20.2 Å². The normalized spacial score (nSPS) is 12.6. The van der Waals surface area contributed by atoms with Crippen LogP contribution in [0.5, 0.6) is 0 Å². The molecule has 0 aromatic rings. The number of aliphatic hydroxyl groups is 1. The summed E-state index contributed by atoms with van der Waals surface area (Å²) in [5.74, 6) is 3.50. The smallest absolute Gasteiger partial charge is 0.0547 e. The third-order valence-corrected chi connectivity index (χ3v) is 2.06. The van der Waals surface area contributed by atoms with Crippen molar-refractivity contribution in [2.45, 2.75) is 18.6 Å². The highest BCUT2D eigenvalue weighted by Gasteiger charge is 1.96.